The van der Waals surface area contributed by atoms with Gasteiger partial charge in [0.25, 0.3) is 0 Å². The molecule has 0 saturated heterocycles. The summed E-state index contributed by atoms with van der Waals surface area (Å²) < 4.78 is 0. The van der Waals surface area contributed by atoms with Gasteiger partial charge >= 0.3 is 17.6 Å². The minimum atomic E-state index is -1.80. The Bertz CT molecular complexity index is 757. The van der Waals surface area contributed by atoms with Gasteiger partial charge in [-0.1, -0.05) is 60.7 Å². The van der Waals surface area contributed by atoms with Crippen LogP contribution < -0.4 is 10.2 Å². The number of aliphatic carboxylic acids is 2. The van der Waals surface area contributed by atoms with Gasteiger partial charge in [0.2, 0.25) is 0 Å². The first-order valence-electron chi connectivity index (χ1n) is 7.03. The summed E-state index contributed by atoms with van der Waals surface area (Å²) in [5.74, 6) is -7.32. The van der Waals surface area contributed by atoms with Gasteiger partial charge < -0.3 is 40.2 Å². The number of carbonyl (C=O) groups is 2. The van der Waals surface area contributed by atoms with Gasteiger partial charge in [-0.3, -0.25) is 0 Å². The topological polar surface area (TPSA) is 161 Å². The molecule has 2 rings (SSSR count). The predicted molar refractivity (Wildman–Crippen MR) is 95.8 cm³/mol. The van der Waals surface area contributed by atoms with Crippen molar-refractivity contribution in [1.82, 2.24) is 0 Å². The summed E-state index contributed by atoms with van der Waals surface area (Å²) in [4.78, 5) is 20.3. The van der Waals surface area contributed by atoms with Crippen molar-refractivity contribution in [3.63, 3.8) is 0 Å². The summed E-state index contributed by atoms with van der Waals surface area (Å²) in [5, 5.41) is 56.2. The van der Waals surface area contributed by atoms with E-state index in [1.54, 1.807) is 36.4 Å². The fraction of sp³-hybridized carbons (Fsp3) is 0. The van der Waals surface area contributed by atoms with E-state index < -0.39 is 35.0 Å². The Morgan fingerprint density at radius 2 is 0.852 bits per heavy atom. The molecule has 0 heterocycles. The molecule has 0 fully saturated rings. The zero-order valence-electron chi connectivity index (χ0n) is 13.9. The first-order chi connectivity index (χ1) is 12.3. The molecule has 140 valence electrons. The van der Waals surface area contributed by atoms with Crippen LogP contribution in [-0.2, 0) is 9.59 Å². The van der Waals surface area contributed by atoms with Crippen LogP contribution in [0.15, 0.2) is 72.2 Å². The molecule has 0 amide bonds. The molecule has 0 aliphatic heterocycles. The molecule has 0 atom stereocenters. The molecule has 0 aromatic heterocycles. The van der Waals surface area contributed by atoms with Gasteiger partial charge in [0.15, 0.2) is 23.0 Å². The monoisotopic (exact) mass is 434 g/mol. The van der Waals surface area contributed by atoms with Crippen molar-refractivity contribution in [2.45, 2.75) is 0 Å². The second kappa shape index (κ2) is 11.3. The average Bonchev–Trinajstić information content (AvgIpc) is 2.67. The minimum absolute atomic E-state index is 0. The number of benzene rings is 2. The SMILES string of the molecule is O=C([O-])C(O)=C(O)c1ccccc1.O=C([O-])C(O)=C(O)c1ccccc1.[GeH2+2]. The Hall–Kier alpha value is -3.40. The molecule has 0 saturated carbocycles. The molecule has 9 heteroatoms. The van der Waals surface area contributed by atoms with E-state index >= 15 is 0 Å². The fourth-order valence-corrected chi connectivity index (χ4v) is 1.66. The summed E-state index contributed by atoms with van der Waals surface area (Å²) in [6, 6.07) is 15.7. The van der Waals surface area contributed by atoms with Crippen molar-refractivity contribution in [3.05, 3.63) is 83.3 Å². The number of carboxylic acids is 2. The van der Waals surface area contributed by atoms with Gasteiger partial charge in [-0.25, -0.2) is 0 Å². The normalized spacial score (nSPS) is 11.6. The molecule has 0 spiro atoms. The van der Waals surface area contributed by atoms with Crippen LogP contribution in [0.1, 0.15) is 11.1 Å². The zero-order chi connectivity index (χ0) is 19.7. The summed E-state index contributed by atoms with van der Waals surface area (Å²) in [6.45, 7) is 0. The van der Waals surface area contributed by atoms with Crippen LogP contribution in [0.2, 0.25) is 0 Å². The number of carbonyl (C=O) groups excluding carboxylic acids is 2. The molecule has 0 aliphatic rings. The van der Waals surface area contributed by atoms with Crippen molar-refractivity contribution in [2.24, 2.45) is 0 Å². The van der Waals surface area contributed by atoms with Gasteiger partial charge in [-0.15, -0.1) is 0 Å². The second-order valence-corrected chi connectivity index (χ2v) is 4.70. The van der Waals surface area contributed by atoms with E-state index in [2.05, 4.69) is 0 Å². The standard InChI is InChI=1S/2C9H8O4.GeH2/c2*10-7(8(11)9(12)13)6-4-2-1-3-5-6;/h2*1-5,10-11H,(H,12,13);1H2/q;;+2/p-2. The van der Waals surface area contributed by atoms with Gasteiger partial charge in [-0.05, 0) is 0 Å². The molecule has 0 bridgehead atoms. The van der Waals surface area contributed by atoms with Crippen LogP contribution in [0, 0.1) is 0 Å². The third-order valence-electron chi connectivity index (χ3n) is 2.93. The van der Waals surface area contributed by atoms with Crippen molar-refractivity contribution in [2.75, 3.05) is 0 Å². The summed E-state index contributed by atoms with van der Waals surface area (Å²) in [5.41, 5.74) is 0.452. The number of aliphatic hydroxyl groups is 4. The molecule has 2 aromatic carbocycles. The van der Waals surface area contributed by atoms with Crippen LogP contribution in [0.5, 0.6) is 0 Å². The number of hydrogen-bond acceptors (Lipinski definition) is 8. The summed E-state index contributed by atoms with van der Waals surface area (Å²) >= 11 is 0. The molecule has 8 nitrogen and oxygen atoms in total. The number of hydrogen-bond donors (Lipinski definition) is 4. The van der Waals surface area contributed by atoms with Crippen LogP contribution in [0.25, 0.3) is 11.5 Å². The Kier molecular flexibility index (Phi) is 9.85. The van der Waals surface area contributed by atoms with Gasteiger partial charge in [-0.2, -0.15) is 0 Å². The maximum atomic E-state index is 10.1. The van der Waals surface area contributed by atoms with E-state index in [1.165, 1.54) is 24.3 Å². The first-order valence-corrected chi connectivity index (χ1v) is 7.03. The van der Waals surface area contributed by atoms with Crippen LogP contribution in [0.4, 0.5) is 0 Å². The third-order valence-corrected chi connectivity index (χ3v) is 2.93. The summed E-state index contributed by atoms with van der Waals surface area (Å²) in [6.07, 6.45) is 0. The van der Waals surface area contributed by atoms with Crippen molar-refractivity contribution < 1.29 is 40.2 Å². The number of aliphatic hydroxyl groups excluding tert-OH is 4. The molecule has 2 aromatic rings. The van der Waals surface area contributed by atoms with Gasteiger partial charge in [0, 0.05) is 11.1 Å². The molecule has 27 heavy (non-hydrogen) atoms. The van der Waals surface area contributed by atoms with Crippen molar-refractivity contribution >= 4 is 41.1 Å². The van der Waals surface area contributed by atoms with Crippen molar-refractivity contribution in [1.29, 1.82) is 0 Å². The van der Waals surface area contributed by atoms with E-state index in [9.17, 15) is 19.8 Å². The Labute approximate surface area is 164 Å². The zero-order valence-corrected chi connectivity index (χ0v) is 16.9. The molecular formula is C18H16GeO8. The van der Waals surface area contributed by atoms with Crippen LogP contribution in [-0.4, -0.2) is 50.0 Å². The van der Waals surface area contributed by atoms with E-state index in [1.807, 2.05) is 0 Å². The van der Waals surface area contributed by atoms with Crippen molar-refractivity contribution in [3.8, 4) is 0 Å². The number of rotatable bonds is 4. The Morgan fingerprint density at radius 1 is 0.593 bits per heavy atom. The van der Waals surface area contributed by atoms with E-state index in [0.29, 0.717) is 0 Å². The average molecular weight is 433 g/mol. The predicted octanol–water partition coefficient (Wildman–Crippen LogP) is -0.474. The first kappa shape index (κ1) is 23.6. The molecule has 0 aliphatic carbocycles. The summed E-state index contributed by atoms with van der Waals surface area (Å²) in [7, 11) is 0. The molecule has 4 N–H and O–H groups in total. The fourth-order valence-electron chi connectivity index (χ4n) is 1.66. The van der Waals surface area contributed by atoms with Gasteiger partial charge in [0.05, 0.1) is 0 Å². The number of carboxylic acid groups (broad SMARTS) is 2. The van der Waals surface area contributed by atoms with Crippen LogP contribution in [0.3, 0.4) is 0 Å². The second-order valence-electron chi connectivity index (χ2n) is 4.70. The molecular weight excluding hydrogens is 417 g/mol. The molecule has 0 unspecified atom stereocenters. The third kappa shape index (κ3) is 7.16. The van der Waals surface area contributed by atoms with E-state index in [-0.39, 0.29) is 28.7 Å². The van der Waals surface area contributed by atoms with E-state index in [0.717, 1.165) is 0 Å². The van der Waals surface area contributed by atoms with E-state index in [4.69, 9.17) is 20.4 Å². The molecule has 0 radical (unpaired) electrons. The van der Waals surface area contributed by atoms with Gasteiger partial charge in [0.1, 0.15) is 11.9 Å². The Balaban J connectivity index is 0.000000483. The Morgan fingerprint density at radius 3 is 1.07 bits per heavy atom. The van der Waals surface area contributed by atoms with Crippen LogP contribution >= 0.6 is 0 Å². The maximum absolute atomic E-state index is 10.1. The quantitative estimate of drug-likeness (QED) is 0.286.